The molecule has 0 aliphatic rings. The van der Waals surface area contributed by atoms with Crippen LogP contribution in [0.4, 0.5) is 5.69 Å². The highest BCUT2D eigenvalue weighted by Crippen LogP contribution is 2.26. The van der Waals surface area contributed by atoms with E-state index in [1.165, 1.54) is 0 Å². The van der Waals surface area contributed by atoms with E-state index < -0.39 is 10.8 Å². The molecule has 2 N–H and O–H groups in total. The fraction of sp³-hybridized carbons (Fsp3) is 0.417. The van der Waals surface area contributed by atoms with Crippen LogP contribution in [0.15, 0.2) is 18.2 Å². The van der Waals surface area contributed by atoms with Gasteiger partial charge in [0.05, 0.1) is 0 Å². The first-order chi connectivity index (χ1) is 9.49. The number of benzene rings is 1. The molecule has 2 atom stereocenters. The van der Waals surface area contributed by atoms with Crippen molar-refractivity contribution >= 4 is 28.1 Å². The molecule has 20 heavy (non-hydrogen) atoms. The highest BCUT2D eigenvalue weighted by Gasteiger charge is 2.14. The molecule has 0 aliphatic carbocycles. The maximum absolute atomic E-state index is 11.4. The van der Waals surface area contributed by atoms with Crippen LogP contribution in [0.5, 0.6) is 0 Å². The highest BCUT2D eigenvalue weighted by molar-refractivity contribution is 7.84. The van der Waals surface area contributed by atoms with Crippen molar-refractivity contribution in [2.45, 2.75) is 25.1 Å². The molecule has 1 heterocycles. The second-order valence-corrected chi connectivity index (χ2v) is 6.79. The minimum atomic E-state index is -0.859. The number of hydrogen-bond acceptors (Lipinski definition) is 5. The zero-order chi connectivity index (χ0) is 14.7. The van der Waals surface area contributed by atoms with Crippen molar-refractivity contribution in [1.29, 1.82) is 0 Å². The number of hydrogen-bond donors (Lipinski definition) is 1. The zero-order valence-electron chi connectivity index (χ0n) is 11.3. The molecule has 2 unspecified atom stereocenters. The normalized spacial score (nSPS) is 14.2. The van der Waals surface area contributed by atoms with Crippen molar-refractivity contribution in [3.05, 3.63) is 23.2 Å². The molecule has 0 aliphatic heterocycles. The highest BCUT2D eigenvalue weighted by atomic mass is 35.5. The summed E-state index contributed by atoms with van der Waals surface area (Å²) in [4.78, 5) is 0. The van der Waals surface area contributed by atoms with E-state index in [1.54, 1.807) is 29.1 Å². The number of aryl methyl sites for hydroxylation is 1. The van der Waals surface area contributed by atoms with E-state index >= 15 is 0 Å². The summed E-state index contributed by atoms with van der Waals surface area (Å²) < 4.78 is 13.0. The van der Waals surface area contributed by atoms with Gasteiger partial charge in [-0.3, -0.25) is 4.21 Å². The topological polar surface area (TPSA) is 86.7 Å². The lowest BCUT2D eigenvalue weighted by atomic mass is 10.1. The third kappa shape index (κ3) is 3.34. The number of rotatable bonds is 5. The van der Waals surface area contributed by atoms with E-state index in [-0.39, 0.29) is 5.25 Å². The SMILES string of the molecule is CC(CCn1nnnc1-c1cc(Cl)ccc1N)S(C)=O. The van der Waals surface area contributed by atoms with Crippen LogP contribution in [0.3, 0.4) is 0 Å². The van der Waals surface area contributed by atoms with Crippen molar-refractivity contribution in [1.82, 2.24) is 20.2 Å². The summed E-state index contributed by atoms with van der Waals surface area (Å²) in [5.41, 5.74) is 7.21. The Bertz CT molecular complexity index is 630. The van der Waals surface area contributed by atoms with Crippen LogP contribution in [0.25, 0.3) is 11.4 Å². The molecule has 0 amide bonds. The van der Waals surface area contributed by atoms with Crippen molar-refractivity contribution in [2.75, 3.05) is 12.0 Å². The average Bonchev–Trinajstić information content (AvgIpc) is 2.86. The largest absolute Gasteiger partial charge is 0.398 e. The number of aromatic nitrogens is 4. The monoisotopic (exact) mass is 313 g/mol. The Labute approximate surface area is 124 Å². The predicted molar refractivity (Wildman–Crippen MR) is 80.8 cm³/mol. The summed E-state index contributed by atoms with van der Waals surface area (Å²) in [5.74, 6) is 0.569. The van der Waals surface area contributed by atoms with E-state index in [1.807, 2.05) is 6.92 Å². The van der Waals surface area contributed by atoms with Crippen molar-refractivity contribution in [2.24, 2.45) is 0 Å². The summed E-state index contributed by atoms with van der Waals surface area (Å²) in [6.07, 6.45) is 2.42. The summed E-state index contributed by atoms with van der Waals surface area (Å²) in [6.45, 7) is 2.52. The number of tetrazole rings is 1. The average molecular weight is 314 g/mol. The maximum Gasteiger partial charge on any atom is 0.184 e. The number of anilines is 1. The number of halogens is 1. The molecular formula is C12H16ClN5OS. The van der Waals surface area contributed by atoms with Gasteiger partial charge in [-0.25, -0.2) is 4.68 Å². The van der Waals surface area contributed by atoms with Gasteiger partial charge in [-0.05, 0) is 35.0 Å². The fourth-order valence-corrected chi connectivity index (χ4v) is 2.35. The molecule has 0 spiro atoms. The van der Waals surface area contributed by atoms with Gasteiger partial charge in [0.25, 0.3) is 0 Å². The molecule has 0 saturated heterocycles. The van der Waals surface area contributed by atoms with Crippen molar-refractivity contribution < 1.29 is 4.21 Å². The Kier molecular flexibility index (Phi) is 4.72. The van der Waals surface area contributed by atoms with E-state index in [4.69, 9.17) is 17.3 Å². The van der Waals surface area contributed by atoms with Crippen LogP contribution in [-0.2, 0) is 17.3 Å². The van der Waals surface area contributed by atoms with Crippen LogP contribution < -0.4 is 5.73 Å². The Morgan fingerprint density at radius 1 is 1.50 bits per heavy atom. The number of nitrogens with zero attached hydrogens (tertiary/aromatic N) is 4. The van der Waals surface area contributed by atoms with Crippen molar-refractivity contribution in [3.63, 3.8) is 0 Å². The van der Waals surface area contributed by atoms with Crippen LogP contribution >= 0.6 is 11.6 Å². The first kappa shape index (κ1) is 14.9. The molecular weight excluding hydrogens is 298 g/mol. The second-order valence-electron chi connectivity index (χ2n) is 4.56. The molecule has 0 bridgehead atoms. The first-order valence-electron chi connectivity index (χ1n) is 6.13. The third-order valence-corrected chi connectivity index (χ3v) is 4.71. The molecule has 0 saturated carbocycles. The van der Waals surface area contributed by atoms with Gasteiger partial charge in [0, 0.05) is 45.1 Å². The smallest absolute Gasteiger partial charge is 0.184 e. The third-order valence-electron chi connectivity index (χ3n) is 3.10. The lowest BCUT2D eigenvalue weighted by molar-refractivity contribution is 0.556. The molecule has 0 radical (unpaired) electrons. The van der Waals surface area contributed by atoms with Gasteiger partial charge in [0.15, 0.2) is 5.82 Å². The number of nitrogens with two attached hydrogens (primary N) is 1. The van der Waals surface area contributed by atoms with Crippen LogP contribution in [0.1, 0.15) is 13.3 Å². The van der Waals surface area contributed by atoms with Gasteiger partial charge in [-0.15, -0.1) is 5.10 Å². The lowest BCUT2D eigenvalue weighted by Gasteiger charge is -2.10. The molecule has 0 fully saturated rings. The predicted octanol–water partition coefficient (Wildman–Crippen LogP) is 1.73. The maximum atomic E-state index is 11.4. The van der Waals surface area contributed by atoms with Gasteiger partial charge >= 0.3 is 0 Å². The van der Waals surface area contributed by atoms with E-state index in [9.17, 15) is 4.21 Å². The summed E-state index contributed by atoms with van der Waals surface area (Å²) in [7, 11) is -0.859. The standard InChI is InChI=1S/C12H16ClN5OS/c1-8(20(2)19)5-6-18-12(15-16-17-18)10-7-9(13)3-4-11(10)14/h3-4,7-8H,5-6,14H2,1-2H3. The van der Waals surface area contributed by atoms with Crippen LogP contribution in [0.2, 0.25) is 5.02 Å². The Morgan fingerprint density at radius 3 is 2.95 bits per heavy atom. The quantitative estimate of drug-likeness (QED) is 0.849. The Hall–Kier alpha value is -1.47. The minimum Gasteiger partial charge on any atom is -0.398 e. The Balaban J connectivity index is 2.24. The molecule has 8 heteroatoms. The summed E-state index contributed by atoms with van der Waals surface area (Å²) in [5, 5.41) is 12.3. The van der Waals surface area contributed by atoms with Gasteiger partial charge in [-0.1, -0.05) is 18.5 Å². The molecule has 1 aromatic carbocycles. The fourth-order valence-electron chi connectivity index (χ4n) is 1.74. The van der Waals surface area contributed by atoms with Crippen LogP contribution in [-0.4, -0.2) is 35.9 Å². The van der Waals surface area contributed by atoms with Crippen molar-refractivity contribution in [3.8, 4) is 11.4 Å². The second kappa shape index (κ2) is 6.32. The molecule has 6 nitrogen and oxygen atoms in total. The van der Waals surface area contributed by atoms with E-state index in [0.717, 1.165) is 6.42 Å². The van der Waals surface area contributed by atoms with E-state index in [0.29, 0.717) is 28.6 Å². The van der Waals surface area contributed by atoms with Gasteiger partial charge < -0.3 is 5.73 Å². The minimum absolute atomic E-state index is 0.0868. The van der Waals surface area contributed by atoms with Gasteiger partial charge in [0.1, 0.15) is 0 Å². The van der Waals surface area contributed by atoms with E-state index in [2.05, 4.69) is 15.5 Å². The summed E-state index contributed by atoms with van der Waals surface area (Å²) in [6, 6.07) is 5.18. The van der Waals surface area contributed by atoms with Gasteiger partial charge in [0.2, 0.25) is 0 Å². The van der Waals surface area contributed by atoms with Gasteiger partial charge in [-0.2, -0.15) is 0 Å². The first-order valence-corrected chi connectivity index (χ1v) is 8.12. The van der Waals surface area contributed by atoms with Crippen LogP contribution in [0, 0.1) is 0 Å². The molecule has 2 rings (SSSR count). The molecule has 1 aromatic heterocycles. The zero-order valence-corrected chi connectivity index (χ0v) is 12.9. The molecule has 108 valence electrons. The Morgan fingerprint density at radius 2 is 2.25 bits per heavy atom. The molecule has 2 aromatic rings. The summed E-state index contributed by atoms with van der Waals surface area (Å²) >= 11 is 5.98. The number of nitrogen functional groups attached to an aromatic ring is 1. The lowest BCUT2D eigenvalue weighted by Crippen LogP contribution is -2.14.